The zero-order valence-electron chi connectivity index (χ0n) is 6.20. The third-order valence-corrected chi connectivity index (χ3v) is 2.04. The highest BCUT2D eigenvalue weighted by Crippen LogP contribution is 2.24. The fraction of sp³-hybridized carbons (Fsp3) is 0.125. The predicted octanol–water partition coefficient (Wildman–Crippen LogP) is 1.89. The van der Waals surface area contributed by atoms with Crippen LogP contribution in [-0.2, 0) is 4.84 Å². The van der Waals surface area contributed by atoms with Crippen molar-refractivity contribution in [1.82, 2.24) is 10.5 Å². The second-order valence-electron chi connectivity index (χ2n) is 2.44. The maximum absolute atomic E-state index is 5.23. The first kappa shape index (κ1) is 7.76. The van der Waals surface area contributed by atoms with Crippen molar-refractivity contribution in [3.05, 3.63) is 40.8 Å². The van der Waals surface area contributed by atoms with Crippen LogP contribution < -0.4 is 5.48 Å². The molecule has 0 saturated heterocycles. The molecule has 1 unspecified atom stereocenters. The van der Waals surface area contributed by atoms with Crippen LogP contribution in [0.15, 0.2) is 35.2 Å². The third-order valence-electron chi connectivity index (χ3n) is 1.62. The fourth-order valence-electron chi connectivity index (χ4n) is 1.04. The Hall–Kier alpha value is -0.870. The van der Waals surface area contributed by atoms with Crippen LogP contribution in [-0.4, -0.2) is 4.98 Å². The maximum atomic E-state index is 5.23. The molecule has 1 aliphatic heterocycles. The van der Waals surface area contributed by atoms with Crippen LogP contribution in [0.25, 0.3) is 0 Å². The van der Waals surface area contributed by atoms with Crippen LogP contribution in [0.5, 0.6) is 0 Å². The van der Waals surface area contributed by atoms with Crippen LogP contribution in [0.4, 0.5) is 0 Å². The highest BCUT2D eigenvalue weighted by atomic mass is 79.9. The first-order valence-corrected chi connectivity index (χ1v) is 4.34. The summed E-state index contributed by atoms with van der Waals surface area (Å²) in [6, 6.07) is 3.85. The Morgan fingerprint density at radius 3 is 2.75 bits per heavy atom. The van der Waals surface area contributed by atoms with Crippen LogP contribution >= 0.6 is 15.9 Å². The van der Waals surface area contributed by atoms with Crippen LogP contribution in [0.2, 0.25) is 0 Å². The molecule has 3 nitrogen and oxygen atoms in total. The van der Waals surface area contributed by atoms with Gasteiger partial charge in [0.1, 0.15) is 10.7 Å². The molecule has 0 aromatic carbocycles. The van der Waals surface area contributed by atoms with Gasteiger partial charge in [-0.05, 0) is 39.7 Å². The molecule has 0 saturated carbocycles. The summed E-state index contributed by atoms with van der Waals surface area (Å²) in [6.45, 7) is 0. The second kappa shape index (κ2) is 3.25. The predicted molar refractivity (Wildman–Crippen MR) is 48.2 cm³/mol. The zero-order valence-corrected chi connectivity index (χ0v) is 7.78. The highest BCUT2D eigenvalue weighted by molar-refractivity contribution is 9.11. The quantitative estimate of drug-likeness (QED) is 0.744. The summed E-state index contributed by atoms with van der Waals surface area (Å²) in [5.74, 6) is 0. The number of aromatic nitrogens is 1. The Labute approximate surface area is 78.5 Å². The van der Waals surface area contributed by atoms with Crippen molar-refractivity contribution in [3.63, 3.8) is 0 Å². The van der Waals surface area contributed by atoms with Gasteiger partial charge in [-0.3, -0.25) is 15.3 Å². The van der Waals surface area contributed by atoms with Gasteiger partial charge in [0, 0.05) is 12.4 Å². The van der Waals surface area contributed by atoms with E-state index in [-0.39, 0.29) is 6.10 Å². The van der Waals surface area contributed by atoms with Gasteiger partial charge in [-0.25, -0.2) is 0 Å². The van der Waals surface area contributed by atoms with Crippen molar-refractivity contribution in [2.75, 3.05) is 0 Å². The number of pyridine rings is 1. The van der Waals surface area contributed by atoms with E-state index in [0.717, 1.165) is 10.2 Å². The fourth-order valence-corrected chi connectivity index (χ4v) is 1.37. The van der Waals surface area contributed by atoms with Crippen molar-refractivity contribution < 1.29 is 4.84 Å². The smallest absolute Gasteiger partial charge is 0.132 e. The zero-order chi connectivity index (χ0) is 8.39. The van der Waals surface area contributed by atoms with Crippen LogP contribution in [0.1, 0.15) is 11.7 Å². The minimum atomic E-state index is -0.0117. The number of rotatable bonds is 1. The molecule has 1 atom stereocenters. The van der Waals surface area contributed by atoms with Crippen molar-refractivity contribution >= 4 is 15.9 Å². The number of nitrogens with one attached hydrogen (secondary N) is 1. The normalized spacial score (nSPS) is 21.8. The first-order valence-electron chi connectivity index (χ1n) is 3.55. The van der Waals surface area contributed by atoms with Gasteiger partial charge < -0.3 is 0 Å². The number of hydroxylamine groups is 1. The summed E-state index contributed by atoms with van der Waals surface area (Å²) in [7, 11) is 0. The van der Waals surface area contributed by atoms with E-state index in [4.69, 9.17) is 4.84 Å². The average molecular weight is 227 g/mol. The van der Waals surface area contributed by atoms with E-state index in [1.165, 1.54) is 0 Å². The Morgan fingerprint density at radius 1 is 1.42 bits per heavy atom. The third kappa shape index (κ3) is 1.49. The molecule has 1 aromatic rings. The summed E-state index contributed by atoms with van der Waals surface area (Å²) in [5.41, 5.74) is 3.82. The van der Waals surface area contributed by atoms with Gasteiger partial charge in [0.05, 0.1) is 0 Å². The van der Waals surface area contributed by atoms with Crippen LogP contribution in [0, 0.1) is 0 Å². The minimum Gasteiger partial charge on any atom is -0.265 e. The molecule has 0 spiro atoms. The molecule has 0 bridgehead atoms. The number of hydrogen-bond donors (Lipinski definition) is 1. The Kier molecular flexibility index (Phi) is 2.10. The van der Waals surface area contributed by atoms with E-state index in [9.17, 15) is 0 Å². The van der Waals surface area contributed by atoms with E-state index in [1.54, 1.807) is 12.4 Å². The molecule has 0 aliphatic carbocycles. The summed E-state index contributed by atoms with van der Waals surface area (Å²) in [4.78, 5) is 9.16. The molecule has 2 heterocycles. The molecule has 0 amide bonds. The monoisotopic (exact) mass is 226 g/mol. The van der Waals surface area contributed by atoms with Gasteiger partial charge in [0.25, 0.3) is 0 Å². The van der Waals surface area contributed by atoms with Crippen molar-refractivity contribution in [3.8, 4) is 0 Å². The summed E-state index contributed by atoms with van der Waals surface area (Å²) >= 11 is 3.29. The maximum Gasteiger partial charge on any atom is 0.132 e. The molecule has 0 fully saturated rings. The Bertz CT molecular complexity index is 299. The second-order valence-corrected chi connectivity index (χ2v) is 3.29. The molecule has 4 heteroatoms. The topological polar surface area (TPSA) is 34.1 Å². The van der Waals surface area contributed by atoms with Crippen molar-refractivity contribution in [2.45, 2.75) is 6.10 Å². The van der Waals surface area contributed by atoms with Gasteiger partial charge in [-0.15, -0.1) is 0 Å². The average Bonchev–Trinajstić information content (AvgIpc) is 2.54. The molecule has 12 heavy (non-hydrogen) atoms. The minimum absolute atomic E-state index is 0.0117. The SMILES string of the molecule is BrC1=CC(c2ccncc2)ON1. The summed E-state index contributed by atoms with van der Waals surface area (Å²) in [6.07, 6.45) is 5.44. The molecule has 0 radical (unpaired) electrons. The number of nitrogens with zero attached hydrogens (tertiary/aromatic N) is 1. The van der Waals surface area contributed by atoms with E-state index < -0.39 is 0 Å². The van der Waals surface area contributed by atoms with Gasteiger partial charge in [-0.2, -0.15) is 0 Å². The number of halogens is 1. The van der Waals surface area contributed by atoms with E-state index in [1.807, 2.05) is 18.2 Å². The standard InChI is InChI=1S/C8H7BrN2O/c9-8-5-7(12-11-8)6-1-3-10-4-2-6/h1-5,7,11H. The Morgan fingerprint density at radius 2 is 2.17 bits per heavy atom. The van der Waals surface area contributed by atoms with Crippen molar-refractivity contribution in [2.24, 2.45) is 0 Å². The lowest BCUT2D eigenvalue weighted by molar-refractivity contribution is 0.0457. The van der Waals surface area contributed by atoms with E-state index in [2.05, 4.69) is 26.4 Å². The van der Waals surface area contributed by atoms with E-state index in [0.29, 0.717) is 0 Å². The number of hydrogen-bond acceptors (Lipinski definition) is 3. The highest BCUT2D eigenvalue weighted by Gasteiger charge is 2.15. The summed E-state index contributed by atoms with van der Waals surface area (Å²) < 4.78 is 0.865. The molecule has 2 rings (SSSR count). The molecule has 1 aliphatic rings. The largest absolute Gasteiger partial charge is 0.265 e. The lowest BCUT2D eigenvalue weighted by atomic mass is 10.1. The van der Waals surface area contributed by atoms with Gasteiger partial charge >= 0.3 is 0 Å². The van der Waals surface area contributed by atoms with Gasteiger partial charge in [0.2, 0.25) is 0 Å². The summed E-state index contributed by atoms with van der Waals surface area (Å²) in [5, 5.41) is 0. The molecular weight excluding hydrogens is 220 g/mol. The van der Waals surface area contributed by atoms with E-state index >= 15 is 0 Å². The Balaban J connectivity index is 2.22. The van der Waals surface area contributed by atoms with Crippen LogP contribution in [0.3, 0.4) is 0 Å². The van der Waals surface area contributed by atoms with Crippen molar-refractivity contribution in [1.29, 1.82) is 0 Å². The molecular formula is C8H7BrN2O. The van der Waals surface area contributed by atoms with Gasteiger partial charge in [0.15, 0.2) is 0 Å². The van der Waals surface area contributed by atoms with Gasteiger partial charge in [-0.1, -0.05) is 0 Å². The first-order chi connectivity index (χ1) is 5.86. The lowest BCUT2D eigenvalue weighted by Gasteiger charge is -2.05. The molecule has 62 valence electrons. The molecule has 1 aromatic heterocycles. The lowest BCUT2D eigenvalue weighted by Crippen LogP contribution is -2.05. The molecule has 1 N–H and O–H groups in total.